The van der Waals surface area contributed by atoms with Crippen molar-refractivity contribution in [2.75, 3.05) is 5.32 Å². The minimum atomic E-state index is -0.858. The number of hydrogen-bond acceptors (Lipinski definition) is 3. The number of nitrogens with two attached hydrogens (primary N) is 1. The molecular formula is C12H15ClFN3O2. The Balaban J connectivity index is 2.97. The van der Waals surface area contributed by atoms with Crippen molar-refractivity contribution in [2.24, 2.45) is 22.7 Å². The highest BCUT2D eigenvalue weighted by Crippen LogP contribution is 2.21. The predicted molar refractivity (Wildman–Crippen MR) is 71.8 cm³/mol. The Morgan fingerprint density at radius 1 is 1.53 bits per heavy atom. The first-order valence-corrected chi connectivity index (χ1v) is 5.98. The number of hydrogen-bond donors (Lipinski definition) is 3. The number of halogens is 2. The molecule has 104 valence electrons. The second kappa shape index (κ2) is 6.38. The Labute approximate surface area is 115 Å². The molecule has 0 aliphatic carbocycles. The van der Waals surface area contributed by atoms with Gasteiger partial charge in [0.05, 0.1) is 5.69 Å². The average Bonchev–Trinajstić information content (AvgIpc) is 2.33. The highest BCUT2D eigenvalue weighted by atomic mass is 35.5. The minimum Gasteiger partial charge on any atom is -0.409 e. The number of amidine groups is 1. The molecule has 0 spiro atoms. The molecule has 4 N–H and O–H groups in total. The van der Waals surface area contributed by atoms with E-state index in [1.165, 1.54) is 12.1 Å². The van der Waals surface area contributed by atoms with Crippen LogP contribution in [0.4, 0.5) is 10.1 Å². The zero-order valence-corrected chi connectivity index (χ0v) is 11.3. The molecule has 0 aliphatic rings. The van der Waals surface area contributed by atoms with E-state index in [-0.39, 0.29) is 17.4 Å². The first-order valence-electron chi connectivity index (χ1n) is 5.60. The van der Waals surface area contributed by atoms with Crippen molar-refractivity contribution in [3.63, 3.8) is 0 Å². The number of anilines is 1. The van der Waals surface area contributed by atoms with E-state index in [2.05, 4.69) is 10.5 Å². The van der Waals surface area contributed by atoms with E-state index >= 15 is 0 Å². The molecule has 1 aromatic rings. The minimum absolute atomic E-state index is 0.0473. The van der Waals surface area contributed by atoms with Gasteiger partial charge in [0.1, 0.15) is 11.7 Å². The molecule has 0 saturated heterocycles. The van der Waals surface area contributed by atoms with Gasteiger partial charge in [0, 0.05) is 5.02 Å². The van der Waals surface area contributed by atoms with Gasteiger partial charge in [-0.15, -0.1) is 0 Å². The van der Waals surface area contributed by atoms with Crippen LogP contribution in [0.2, 0.25) is 5.02 Å². The van der Waals surface area contributed by atoms with Gasteiger partial charge in [0.2, 0.25) is 5.91 Å². The molecule has 0 heterocycles. The molecule has 0 radical (unpaired) electrons. The highest BCUT2D eigenvalue weighted by Gasteiger charge is 2.27. The van der Waals surface area contributed by atoms with Crippen LogP contribution in [-0.4, -0.2) is 17.0 Å². The second-order valence-electron chi connectivity index (χ2n) is 4.36. The Morgan fingerprint density at radius 2 is 2.16 bits per heavy atom. The molecule has 1 rings (SSSR count). The normalized spacial score (nSPS) is 13.4. The molecule has 5 nitrogen and oxygen atoms in total. The van der Waals surface area contributed by atoms with Crippen LogP contribution in [0.25, 0.3) is 0 Å². The molecule has 0 aliphatic heterocycles. The lowest BCUT2D eigenvalue weighted by Crippen LogP contribution is -2.38. The molecule has 0 saturated carbocycles. The van der Waals surface area contributed by atoms with E-state index in [9.17, 15) is 9.18 Å². The smallest absolute Gasteiger partial charge is 0.235 e. The monoisotopic (exact) mass is 287 g/mol. The van der Waals surface area contributed by atoms with Crippen LogP contribution in [0, 0.1) is 17.7 Å². The van der Waals surface area contributed by atoms with E-state index in [0.717, 1.165) is 6.07 Å². The number of nitrogens with one attached hydrogen (secondary N) is 1. The van der Waals surface area contributed by atoms with Gasteiger partial charge in [-0.25, -0.2) is 4.39 Å². The summed E-state index contributed by atoms with van der Waals surface area (Å²) in [5.74, 6) is -2.47. The Hall–Kier alpha value is -1.82. The van der Waals surface area contributed by atoms with Gasteiger partial charge in [-0.2, -0.15) is 0 Å². The summed E-state index contributed by atoms with van der Waals surface area (Å²) in [5.41, 5.74) is 5.41. The third-order valence-electron chi connectivity index (χ3n) is 2.57. The summed E-state index contributed by atoms with van der Waals surface area (Å²) in [6, 6.07) is 3.81. The van der Waals surface area contributed by atoms with Crippen molar-refractivity contribution in [1.29, 1.82) is 0 Å². The van der Waals surface area contributed by atoms with Gasteiger partial charge in [0.15, 0.2) is 5.84 Å². The lowest BCUT2D eigenvalue weighted by atomic mass is 9.94. The Morgan fingerprint density at radius 3 is 2.68 bits per heavy atom. The molecule has 0 aromatic heterocycles. The van der Waals surface area contributed by atoms with Crippen LogP contribution in [0.1, 0.15) is 13.8 Å². The summed E-state index contributed by atoms with van der Waals surface area (Å²) in [5, 5.41) is 14.2. The third kappa shape index (κ3) is 3.82. The van der Waals surface area contributed by atoms with Gasteiger partial charge < -0.3 is 16.3 Å². The molecule has 1 amide bonds. The number of rotatable bonds is 4. The van der Waals surface area contributed by atoms with E-state index in [1.54, 1.807) is 13.8 Å². The largest absolute Gasteiger partial charge is 0.409 e. The van der Waals surface area contributed by atoms with Crippen molar-refractivity contribution >= 4 is 29.0 Å². The van der Waals surface area contributed by atoms with Gasteiger partial charge in [-0.3, -0.25) is 4.79 Å². The Bertz CT molecular complexity index is 506. The summed E-state index contributed by atoms with van der Waals surface area (Å²) >= 11 is 5.73. The van der Waals surface area contributed by atoms with Gasteiger partial charge >= 0.3 is 0 Å². The Kier molecular flexibility index (Phi) is 5.11. The lowest BCUT2D eigenvalue weighted by Gasteiger charge is -2.19. The third-order valence-corrected chi connectivity index (χ3v) is 2.80. The van der Waals surface area contributed by atoms with Crippen LogP contribution >= 0.6 is 11.6 Å². The van der Waals surface area contributed by atoms with Crippen molar-refractivity contribution < 1.29 is 14.4 Å². The maximum atomic E-state index is 13.5. The summed E-state index contributed by atoms with van der Waals surface area (Å²) in [6.07, 6.45) is 0. The van der Waals surface area contributed by atoms with Crippen molar-refractivity contribution in [3.05, 3.63) is 29.0 Å². The molecule has 7 heteroatoms. The molecule has 19 heavy (non-hydrogen) atoms. The quantitative estimate of drug-likeness (QED) is 0.344. The first-order chi connectivity index (χ1) is 8.86. The number of oxime groups is 1. The molecule has 1 aromatic carbocycles. The van der Waals surface area contributed by atoms with E-state index in [4.69, 9.17) is 22.5 Å². The van der Waals surface area contributed by atoms with Crippen molar-refractivity contribution in [1.82, 2.24) is 0 Å². The topological polar surface area (TPSA) is 87.7 Å². The predicted octanol–water partition coefficient (Wildman–Crippen LogP) is 2.44. The SMILES string of the molecule is CC(C)C(C(=O)Nc1cc(Cl)ccc1F)C(N)=NO. The molecule has 0 bridgehead atoms. The summed E-state index contributed by atoms with van der Waals surface area (Å²) in [6.45, 7) is 3.47. The van der Waals surface area contributed by atoms with E-state index in [1.807, 2.05) is 0 Å². The zero-order chi connectivity index (χ0) is 14.6. The number of carbonyl (C=O) groups excluding carboxylic acids is 1. The van der Waals surface area contributed by atoms with Gasteiger partial charge in [-0.1, -0.05) is 30.6 Å². The van der Waals surface area contributed by atoms with Crippen molar-refractivity contribution in [3.8, 4) is 0 Å². The van der Waals surface area contributed by atoms with Crippen LogP contribution in [0.3, 0.4) is 0 Å². The molecule has 1 atom stereocenters. The maximum Gasteiger partial charge on any atom is 0.235 e. The van der Waals surface area contributed by atoms with Crippen LogP contribution in [-0.2, 0) is 4.79 Å². The second-order valence-corrected chi connectivity index (χ2v) is 4.80. The number of nitrogens with zero attached hydrogens (tertiary/aromatic N) is 1. The van der Waals surface area contributed by atoms with E-state index in [0.29, 0.717) is 5.02 Å². The number of amides is 1. The number of carbonyl (C=O) groups is 1. The van der Waals surface area contributed by atoms with Crippen LogP contribution in [0.15, 0.2) is 23.4 Å². The first kappa shape index (κ1) is 15.2. The van der Waals surface area contributed by atoms with Gasteiger partial charge in [0.25, 0.3) is 0 Å². The maximum absolute atomic E-state index is 13.5. The fraction of sp³-hybridized carbons (Fsp3) is 0.333. The zero-order valence-electron chi connectivity index (χ0n) is 10.5. The summed E-state index contributed by atoms with van der Waals surface area (Å²) in [4.78, 5) is 12.0. The lowest BCUT2D eigenvalue weighted by molar-refractivity contribution is -0.119. The number of benzene rings is 1. The van der Waals surface area contributed by atoms with Gasteiger partial charge in [-0.05, 0) is 24.1 Å². The van der Waals surface area contributed by atoms with E-state index < -0.39 is 17.6 Å². The molecule has 0 fully saturated rings. The average molecular weight is 288 g/mol. The summed E-state index contributed by atoms with van der Waals surface area (Å²) in [7, 11) is 0. The fourth-order valence-electron chi connectivity index (χ4n) is 1.64. The van der Waals surface area contributed by atoms with Crippen LogP contribution in [0.5, 0.6) is 0 Å². The fourth-order valence-corrected chi connectivity index (χ4v) is 1.82. The standard InChI is InChI=1S/C12H15ClFN3O2/c1-6(2)10(11(15)17-19)12(18)16-9-5-7(13)3-4-8(9)14/h3-6,10,19H,1-2H3,(H2,15,17)(H,16,18). The summed E-state index contributed by atoms with van der Waals surface area (Å²) < 4.78 is 13.5. The molecule has 1 unspecified atom stereocenters. The van der Waals surface area contributed by atoms with Crippen LogP contribution < -0.4 is 11.1 Å². The molecular weight excluding hydrogens is 273 g/mol. The van der Waals surface area contributed by atoms with Crippen molar-refractivity contribution in [2.45, 2.75) is 13.8 Å². The highest BCUT2D eigenvalue weighted by molar-refractivity contribution is 6.31.